The third kappa shape index (κ3) is 4.50. The van der Waals surface area contributed by atoms with Crippen LogP contribution in [0.2, 0.25) is 5.02 Å². The molecule has 0 bridgehead atoms. The van der Waals surface area contributed by atoms with Gasteiger partial charge in [0.2, 0.25) is 10.0 Å². The molecule has 0 saturated heterocycles. The zero-order chi connectivity index (χ0) is 17.9. The minimum atomic E-state index is -3.51. The number of hydrogen-bond donors (Lipinski definition) is 2. The molecule has 0 radical (unpaired) electrons. The molecule has 0 spiro atoms. The van der Waals surface area contributed by atoms with Crippen molar-refractivity contribution in [3.63, 3.8) is 0 Å². The molecule has 0 atom stereocenters. The van der Waals surface area contributed by atoms with Crippen molar-refractivity contribution in [1.82, 2.24) is 9.71 Å². The van der Waals surface area contributed by atoms with Crippen LogP contribution < -0.4 is 10.5 Å². The Hall–Kier alpha value is -2.02. The molecule has 3 N–H and O–H groups in total. The Bertz CT molecular complexity index is 966. The second-order valence-electron chi connectivity index (χ2n) is 4.98. The highest BCUT2D eigenvalue weighted by molar-refractivity contribution is 7.88. The van der Waals surface area contributed by atoms with Crippen molar-refractivity contribution in [1.29, 1.82) is 0 Å². The number of nitrogens with one attached hydrogen (secondary N) is 1. The van der Waals surface area contributed by atoms with Gasteiger partial charge in [0.25, 0.3) is 0 Å². The standard InChI is InChI=1S/C16H15Cl2N3O2S/c1-10(17)16(21-24(2,22)23)8-12(9-19)11-3-4-15-13(7-11)14(18)5-6-20-15/h3-9,21H,1,19H2,2H3/b12-9+,16-8+. The Morgan fingerprint density at radius 2 is 2.08 bits per heavy atom. The predicted molar refractivity (Wildman–Crippen MR) is 100.0 cm³/mol. The molecule has 24 heavy (non-hydrogen) atoms. The van der Waals surface area contributed by atoms with Gasteiger partial charge in [0, 0.05) is 17.8 Å². The first-order chi connectivity index (χ1) is 11.2. The van der Waals surface area contributed by atoms with Crippen molar-refractivity contribution in [2.24, 2.45) is 5.73 Å². The van der Waals surface area contributed by atoms with Crippen molar-refractivity contribution >= 4 is 49.7 Å². The van der Waals surface area contributed by atoms with Gasteiger partial charge in [-0.3, -0.25) is 9.71 Å². The smallest absolute Gasteiger partial charge is 0.229 e. The van der Waals surface area contributed by atoms with Gasteiger partial charge in [-0.05, 0) is 35.4 Å². The van der Waals surface area contributed by atoms with Gasteiger partial charge in [-0.1, -0.05) is 35.8 Å². The van der Waals surface area contributed by atoms with E-state index in [9.17, 15) is 8.42 Å². The normalized spacial score (nSPS) is 13.1. The molecule has 0 aliphatic carbocycles. The van der Waals surface area contributed by atoms with Gasteiger partial charge in [-0.25, -0.2) is 8.42 Å². The van der Waals surface area contributed by atoms with E-state index in [0.29, 0.717) is 10.6 Å². The molecule has 2 aromatic rings. The maximum atomic E-state index is 11.4. The topological polar surface area (TPSA) is 85.1 Å². The molecule has 1 heterocycles. The summed E-state index contributed by atoms with van der Waals surface area (Å²) < 4.78 is 25.2. The van der Waals surface area contributed by atoms with Crippen molar-refractivity contribution < 1.29 is 8.42 Å². The highest BCUT2D eigenvalue weighted by atomic mass is 35.5. The van der Waals surface area contributed by atoms with E-state index in [2.05, 4.69) is 16.3 Å². The molecule has 126 valence electrons. The van der Waals surface area contributed by atoms with Gasteiger partial charge in [0.15, 0.2) is 0 Å². The maximum absolute atomic E-state index is 11.4. The Balaban J connectivity index is 2.53. The number of rotatable bonds is 5. The number of pyridine rings is 1. The van der Waals surface area contributed by atoms with Crippen LogP contribution in [0.5, 0.6) is 0 Å². The first kappa shape index (κ1) is 18.3. The molecule has 0 saturated carbocycles. The summed E-state index contributed by atoms with van der Waals surface area (Å²) in [5, 5.41) is 1.35. The summed E-state index contributed by atoms with van der Waals surface area (Å²) in [7, 11) is -3.51. The molecule has 0 amide bonds. The molecule has 1 aromatic heterocycles. The minimum absolute atomic E-state index is 0.0419. The number of nitrogens with zero attached hydrogens (tertiary/aromatic N) is 1. The van der Waals surface area contributed by atoms with Crippen LogP contribution in [0.1, 0.15) is 5.56 Å². The van der Waals surface area contributed by atoms with Crippen LogP contribution in [-0.2, 0) is 10.0 Å². The second-order valence-corrected chi connectivity index (χ2v) is 7.60. The molecule has 5 nitrogen and oxygen atoms in total. The quantitative estimate of drug-likeness (QED) is 0.774. The van der Waals surface area contributed by atoms with Crippen LogP contribution in [0.4, 0.5) is 0 Å². The van der Waals surface area contributed by atoms with Crippen molar-refractivity contribution in [2.75, 3.05) is 6.26 Å². The largest absolute Gasteiger partial charge is 0.404 e. The predicted octanol–water partition coefficient (Wildman–Crippen LogP) is 3.37. The van der Waals surface area contributed by atoms with E-state index < -0.39 is 10.0 Å². The van der Waals surface area contributed by atoms with Gasteiger partial charge in [0.05, 0.1) is 27.5 Å². The summed E-state index contributed by atoms with van der Waals surface area (Å²) in [6.07, 6.45) is 5.49. The molecule has 0 aliphatic heterocycles. The fourth-order valence-electron chi connectivity index (χ4n) is 2.04. The minimum Gasteiger partial charge on any atom is -0.404 e. The van der Waals surface area contributed by atoms with E-state index in [4.69, 9.17) is 28.9 Å². The molecule has 0 aliphatic rings. The molecular formula is C16H15Cl2N3O2S. The van der Waals surface area contributed by atoms with Crippen molar-refractivity contribution in [3.8, 4) is 0 Å². The number of fused-ring (bicyclic) bond motifs is 1. The van der Waals surface area contributed by atoms with Crippen LogP contribution in [-0.4, -0.2) is 19.7 Å². The molecule has 0 fully saturated rings. The Labute approximate surface area is 150 Å². The average Bonchev–Trinajstić information content (AvgIpc) is 2.50. The number of hydrogen-bond acceptors (Lipinski definition) is 4. The first-order valence-corrected chi connectivity index (χ1v) is 9.37. The number of halogens is 2. The summed E-state index contributed by atoms with van der Waals surface area (Å²) in [6.45, 7) is 3.56. The lowest BCUT2D eigenvalue weighted by Crippen LogP contribution is -2.21. The SMILES string of the molecule is C=C(Cl)/C(=C\C(=C/N)c1ccc2nccc(Cl)c2c1)NS(C)(=O)=O. The summed E-state index contributed by atoms with van der Waals surface area (Å²) >= 11 is 12.1. The van der Waals surface area contributed by atoms with E-state index in [0.717, 1.165) is 22.7 Å². The van der Waals surface area contributed by atoms with Gasteiger partial charge in [0.1, 0.15) is 0 Å². The van der Waals surface area contributed by atoms with Crippen molar-refractivity contribution in [3.05, 3.63) is 70.6 Å². The molecule has 2 rings (SSSR count). The third-order valence-electron chi connectivity index (χ3n) is 3.09. The van der Waals surface area contributed by atoms with Gasteiger partial charge >= 0.3 is 0 Å². The highest BCUT2D eigenvalue weighted by Crippen LogP contribution is 2.27. The lowest BCUT2D eigenvalue weighted by atomic mass is 10.0. The van der Waals surface area contributed by atoms with Crippen LogP contribution in [0, 0.1) is 0 Å². The monoisotopic (exact) mass is 383 g/mol. The zero-order valence-electron chi connectivity index (χ0n) is 12.8. The van der Waals surface area contributed by atoms with E-state index in [1.54, 1.807) is 24.4 Å². The lowest BCUT2D eigenvalue weighted by molar-refractivity contribution is 0.595. The molecule has 1 aromatic carbocycles. The Kier molecular flexibility index (Phi) is 5.54. The first-order valence-electron chi connectivity index (χ1n) is 6.72. The van der Waals surface area contributed by atoms with E-state index in [1.165, 1.54) is 12.3 Å². The summed E-state index contributed by atoms with van der Waals surface area (Å²) in [6, 6.07) is 7.10. The molecule has 0 unspecified atom stereocenters. The summed E-state index contributed by atoms with van der Waals surface area (Å²) in [5.41, 5.74) is 7.84. The van der Waals surface area contributed by atoms with E-state index in [1.807, 2.05) is 6.07 Å². The van der Waals surface area contributed by atoms with Crippen LogP contribution >= 0.6 is 23.2 Å². The van der Waals surface area contributed by atoms with Gasteiger partial charge in [-0.15, -0.1) is 0 Å². The number of allylic oxidation sites excluding steroid dienone is 3. The van der Waals surface area contributed by atoms with E-state index in [-0.39, 0.29) is 10.7 Å². The molecular weight excluding hydrogens is 369 g/mol. The van der Waals surface area contributed by atoms with Gasteiger partial charge in [-0.2, -0.15) is 0 Å². The maximum Gasteiger partial charge on any atom is 0.229 e. The van der Waals surface area contributed by atoms with E-state index >= 15 is 0 Å². The number of benzene rings is 1. The fraction of sp³-hybridized carbons (Fsp3) is 0.0625. The van der Waals surface area contributed by atoms with Gasteiger partial charge < -0.3 is 5.73 Å². The Morgan fingerprint density at radius 1 is 1.38 bits per heavy atom. The number of nitrogens with two attached hydrogens (primary N) is 1. The third-order valence-corrected chi connectivity index (χ3v) is 4.21. The zero-order valence-corrected chi connectivity index (χ0v) is 15.1. The fourth-order valence-corrected chi connectivity index (χ4v) is 2.99. The van der Waals surface area contributed by atoms with Crippen LogP contribution in [0.3, 0.4) is 0 Å². The summed E-state index contributed by atoms with van der Waals surface area (Å²) in [4.78, 5) is 4.23. The van der Waals surface area contributed by atoms with Crippen LogP contribution in [0.25, 0.3) is 16.5 Å². The second kappa shape index (κ2) is 7.25. The highest BCUT2D eigenvalue weighted by Gasteiger charge is 2.10. The number of sulfonamides is 1. The van der Waals surface area contributed by atoms with Crippen LogP contribution in [0.15, 0.2) is 60.0 Å². The Morgan fingerprint density at radius 3 is 2.67 bits per heavy atom. The lowest BCUT2D eigenvalue weighted by Gasteiger charge is -2.10. The average molecular weight is 384 g/mol. The summed E-state index contributed by atoms with van der Waals surface area (Å²) in [5.74, 6) is 0. The van der Waals surface area contributed by atoms with Crippen molar-refractivity contribution in [2.45, 2.75) is 0 Å². The molecule has 8 heteroatoms. The number of aromatic nitrogens is 1.